The van der Waals surface area contributed by atoms with Gasteiger partial charge in [-0.15, -0.1) is 0 Å². The molecule has 0 aromatic carbocycles. The van der Waals surface area contributed by atoms with Crippen LogP contribution in [0.3, 0.4) is 0 Å². The molecule has 4 heteroatoms. The van der Waals surface area contributed by atoms with E-state index in [9.17, 15) is 8.42 Å². The van der Waals surface area contributed by atoms with Gasteiger partial charge in [-0.1, -0.05) is 0 Å². The highest BCUT2D eigenvalue weighted by Crippen LogP contribution is 2.33. The molecule has 0 radical (unpaired) electrons. The largest absolute Gasteiger partial charge is 0.215 e. The van der Waals surface area contributed by atoms with Gasteiger partial charge in [-0.25, -0.2) is 13.1 Å². The van der Waals surface area contributed by atoms with E-state index in [1.165, 1.54) is 0 Å². The zero-order chi connectivity index (χ0) is 6.20. The fraction of sp³-hybridized carbons (Fsp3) is 1.00. The topological polar surface area (TPSA) is 46.2 Å². The van der Waals surface area contributed by atoms with E-state index in [0.29, 0.717) is 0 Å². The van der Waals surface area contributed by atoms with Crippen molar-refractivity contribution in [2.75, 3.05) is 0 Å². The summed E-state index contributed by atoms with van der Waals surface area (Å²) in [5.41, 5.74) is -0.0742. The molecule has 1 rings (SSSR count). The molecule has 0 bridgehead atoms. The van der Waals surface area contributed by atoms with Crippen molar-refractivity contribution in [3.8, 4) is 0 Å². The van der Waals surface area contributed by atoms with Gasteiger partial charge in [-0.3, -0.25) is 0 Å². The maximum Gasteiger partial charge on any atom is 0.201 e. The van der Waals surface area contributed by atoms with Crippen molar-refractivity contribution < 1.29 is 8.42 Å². The standard InChI is InChI=1S/C4H9NO2S/c1-4(2-3-4)5-8(6)7/h8H,2-3H2,1H3,(H,5,6,7). The number of rotatable bonds is 2. The Bertz CT molecular complexity index is 151. The number of thiol groups is 1. The van der Waals surface area contributed by atoms with E-state index in [-0.39, 0.29) is 5.54 Å². The summed E-state index contributed by atoms with van der Waals surface area (Å²) in [5, 5.41) is 0. The average Bonchev–Trinajstić information content (AvgIpc) is 2.17. The maximum atomic E-state index is 9.98. The van der Waals surface area contributed by atoms with Gasteiger partial charge in [0.2, 0.25) is 10.9 Å². The highest BCUT2D eigenvalue weighted by atomic mass is 32.2. The summed E-state index contributed by atoms with van der Waals surface area (Å²) in [7, 11) is -2.38. The van der Waals surface area contributed by atoms with Gasteiger partial charge < -0.3 is 0 Å². The molecule has 0 heterocycles. The SMILES string of the molecule is CC1(N[SH](=O)=O)CC1. The third kappa shape index (κ3) is 1.45. The summed E-state index contributed by atoms with van der Waals surface area (Å²) in [6.45, 7) is 1.90. The highest BCUT2D eigenvalue weighted by Gasteiger charge is 2.37. The van der Waals surface area contributed by atoms with Crippen molar-refractivity contribution in [3.05, 3.63) is 0 Å². The van der Waals surface area contributed by atoms with E-state index < -0.39 is 10.9 Å². The molecular formula is C4H9NO2S. The zero-order valence-electron chi connectivity index (χ0n) is 4.68. The first-order valence-electron chi connectivity index (χ1n) is 2.55. The van der Waals surface area contributed by atoms with Crippen LogP contribution in [-0.4, -0.2) is 14.0 Å². The molecule has 8 heavy (non-hydrogen) atoms. The summed E-state index contributed by atoms with van der Waals surface area (Å²) < 4.78 is 22.4. The molecule has 1 aliphatic carbocycles. The lowest BCUT2D eigenvalue weighted by Gasteiger charge is -2.00. The Labute approximate surface area is 50.2 Å². The predicted octanol–water partition coefficient (Wildman–Crippen LogP) is -0.345. The molecule has 48 valence electrons. The van der Waals surface area contributed by atoms with Crippen LogP contribution < -0.4 is 4.72 Å². The second kappa shape index (κ2) is 1.70. The van der Waals surface area contributed by atoms with Gasteiger partial charge in [-0.2, -0.15) is 0 Å². The first-order valence-corrected chi connectivity index (χ1v) is 3.72. The van der Waals surface area contributed by atoms with E-state index in [2.05, 4.69) is 4.72 Å². The van der Waals surface area contributed by atoms with Gasteiger partial charge in [0.15, 0.2) is 0 Å². The van der Waals surface area contributed by atoms with E-state index in [1.807, 2.05) is 6.92 Å². The van der Waals surface area contributed by atoms with Crippen molar-refractivity contribution in [1.82, 2.24) is 4.72 Å². The molecule has 0 unspecified atom stereocenters. The van der Waals surface area contributed by atoms with Crippen LogP contribution >= 0.6 is 0 Å². The summed E-state index contributed by atoms with van der Waals surface area (Å²) in [6.07, 6.45) is 1.96. The van der Waals surface area contributed by atoms with E-state index in [1.54, 1.807) is 0 Å². The molecule has 1 saturated carbocycles. The summed E-state index contributed by atoms with van der Waals surface area (Å²) in [5.74, 6) is 0. The number of hydrogen-bond donors (Lipinski definition) is 2. The summed E-state index contributed by atoms with van der Waals surface area (Å²) >= 11 is 0. The van der Waals surface area contributed by atoms with Crippen molar-refractivity contribution >= 4 is 10.9 Å². The smallest absolute Gasteiger partial charge is 0.201 e. The summed E-state index contributed by atoms with van der Waals surface area (Å²) in [4.78, 5) is 0. The zero-order valence-corrected chi connectivity index (χ0v) is 5.57. The third-order valence-corrected chi connectivity index (χ3v) is 2.08. The molecule has 0 aliphatic heterocycles. The molecular weight excluding hydrogens is 126 g/mol. The second-order valence-electron chi connectivity index (χ2n) is 2.43. The third-order valence-electron chi connectivity index (χ3n) is 1.36. The van der Waals surface area contributed by atoms with Gasteiger partial charge >= 0.3 is 0 Å². The molecule has 1 fully saturated rings. The minimum absolute atomic E-state index is 0.0742. The Hall–Kier alpha value is -0.0900. The Morgan fingerprint density at radius 2 is 2.00 bits per heavy atom. The fourth-order valence-electron chi connectivity index (χ4n) is 0.520. The molecule has 0 saturated heterocycles. The van der Waals surface area contributed by atoms with E-state index >= 15 is 0 Å². The van der Waals surface area contributed by atoms with Crippen LogP contribution in [0.1, 0.15) is 19.8 Å². The van der Waals surface area contributed by atoms with E-state index in [4.69, 9.17) is 0 Å². The molecule has 3 nitrogen and oxygen atoms in total. The normalized spacial score (nSPS) is 23.8. The van der Waals surface area contributed by atoms with Crippen LogP contribution in [0.2, 0.25) is 0 Å². The number of nitrogens with one attached hydrogen (secondary N) is 1. The predicted molar refractivity (Wildman–Crippen MR) is 31.1 cm³/mol. The fourth-order valence-corrected chi connectivity index (χ4v) is 1.18. The maximum absolute atomic E-state index is 9.98. The van der Waals surface area contributed by atoms with Crippen LogP contribution in [0.5, 0.6) is 0 Å². The second-order valence-corrected chi connectivity index (χ2v) is 3.17. The van der Waals surface area contributed by atoms with Gasteiger partial charge in [0.25, 0.3) is 0 Å². The summed E-state index contributed by atoms with van der Waals surface area (Å²) in [6, 6.07) is 0. The van der Waals surface area contributed by atoms with Crippen molar-refractivity contribution in [1.29, 1.82) is 0 Å². The Morgan fingerprint density at radius 1 is 1.50 bits per heavy atom. The Balaban J connectivity index is 2.40. The molecule has 1 N–H and O–H groups in total. The molecule has 0 aromatic heterocycles. The lowest BCUT2D eigenvalue weighted by atomic mass is 10.4. The highest BCUT2D eigenvalue weighted by molar-refractivity contribution is 7.70. The molecule has 0 amide bonds. The van der Waals surface area contributed by atoms with Gasteiger partial charge in [0.05, 0.1) is 0 Å². The van der Waals surface area contributed by atoms with Crippen molar-refractivity contribution in [2.45, 2.75) is 25.3 Å². The van der Waals surface area contributed by atoms with Crippen LogP contribution in [0.4, 0.5) is 0 Å². The van der Waals surface area contributed by atoms with Gasteiger partial charge in [0.1, 0.15) is 0 Å². The Kier molecular flexibility index (Phi) is 1.28. The minimum atomic E-state index is -2.38. The van der Waals surface area contributed by atoms with Crippen LogP contribution in [0, 0.1) is 0 Å². The lowest BCUT2D eigenvalue weighted by Crippen LogP contribution is -2.25. The Morgan fingerprint density at radius 3 is 2.12 bits per heavy atom. The van der Waals surface area contributed by atoms with E-state index in [0.717, 1.165) is 12.8 Å². The molecule has 0 spiro atoms. The molecule has 0 aromatic rings. The van der Waals surface area contributed by atoms with Crippen molar-refractivity contribution in [3.63, 3.8) is 0 Å². The van der Waals surface area contributed by atoms with Gasteiger partial charge in [0, 0.05) is 5.54 Å². The average molecular weight is 135 g/mol. The van der Waals surface area contributed by atoms with Crippen LogP contribution in [0.15, 0.2) is 0 Å². The molecule has 1 aliphatic rings. The van der Waals surface area contributed by atoms with Crippen LogP contribution in [-0.2, 0) is 10.9 Å². The quantitative estimate of drug-likeness (QED) is 0.509. The minimum Gasteiger partial charge on any atom is -0.215 e. The molecule has 0 atom stereocenters. The van der Waals surface area contributed by atoms with Crippen LogP contribution in [0.25, 0.3) is 0 Å². The van der Waals surface area contributed by atoms with Crippen molar-refractivity contribution in [2.24, 2.45) is 0 Å². The first-order chi connectivity index (χ1) is 3.62. The first kappa shape index (κ1) is 6.04. The lowest BCUT2D eigenvalue weighted by molar-refractivity contribution is 0.578. The number of hydrogen-bond acceptors (Lipinski definition) is 2. The monoisotopic (exact) mass is 135 g/mol. The van der Waals surface area contributed by atoms with Gasteiger partial charge in [-0.05, 0) is 19.8 Å².